The summed E-state index contributed by atoms with van der Waals surface area (Å²) >= 11 is 0. The number of nitrogens with one attached hydrogen (secondary N) is 1. The molecular weight excluding hydrogens is 252 g/mol. The van der Waals surface area contributed by atoms with Crippen molar-refractivity contribution >= 4 is 0 Å². The minimum absolute atomic E-state index is 0.0545. The van der Waals surface area contributed by atoms with Gasteiger partial charge in [-0.25, -0.2) is 4.98 Å². The second kappa shape index (κ2) is 7.03. The molecule has 1 aromatic carbocycles. The van der Waals surface area contributed by atoms with Gasteiger partial charge in [0.1, 0.15) is 5.75 Å². The molecule has 0 bridgehead atoms. The van der Waals surface area contributed by atoms with Crippen molar-refractivity contribution in [2.75, 3.05) is 6.54 Å². The molecule has 1 unspecified atom stereocenters. The first-order valence-corrected chi connectivity index (χ1v) is 6.81. The normalized spacial score (nSPS) is 12.2. The molecule has 0 saturated heterocycles. The van der Waals surface area contributed by atoms with Crippen LogP contribution in [0.2, 0.25) is 0 Å². The van der Waals surface area contributed by atoms with Crippen LogP contribution in [-0.4, -0.2) is 16.6 Å². The van der Waals surface area contributed by atoms with Gasteiger partial charge in [-0.1, -0.05) is 31.2 Å². The highest BCUT2D eigenvalue weighted by molar-refractivity contribution is 5.38. The molecule has 0 aliphatic heterocycles. The average molecular weight is 272 g/mol. The van der Waals surface area contributed by atoms with Crippen LogP contribution in [0.15, 0.2) is 42.6 Å². The Balaban J connectivity index is 2.29. The lowest BCUT2D eigenvalue weighted by Crippen LogP contribution is -2.18. The molecule has 0 aliphatic rings. The van der Waals surface area contributed by atoms with E-state index in [-0.39, 0.29) is 12.6 Å². The van der Waals surface area contributed by atoms with E-state index in [9.17, 15) is 5.11 Å². The number of aliphatic hydroxyl groups excluding tert-OH is 1. The minimum atomic E-state index is -0.0545. The van der Waals surface area contributed by atoms with E-state index < -0.39 is 0 Å². The number of aliphatic hydroxyl groups is 1. The predicted molar refractivity (Wildman–Crippen MR) is 78.8 cm³/mol. The van der Waals surface area contributed by atoms with E-state index in [2.05, 4.69) is 24.1 Å². The van der Waals surface area contributed by atoms with Gasteiger partial charge in [0.2, 0.25) is 5.88 Å². The highest BCUT2D eigenvalue weighted by Crippen LogP contribution is 2.29. The third-order valence-corrected chi connectivity index (χ3v) is 3.13. The molecule has 1 atom stereocenters. The number of rotatable bonds is 6. The molecule has 20 heavy (non-hydrogen) atoms. The van der Waals surface area contributed by atoms with Crippen molar-refractivity contribution < 1.29 is 9.84 Å². The van der Waals surface area contributed by atoms with Gasteiger partial charge in [0.05, 0.1) is 6.61 Å². The largest absolute Gasteiger partial charge is 0.438 e. The summed E-state index contributed by atoms with van der Waals surface area (Å²) in [5, 5.41) is 12.7. The zero-order valence-corrected chi connectivity index (χ0v) is 11.8. The van der Waals surface area contributed by atoms with Crippen LogP contribution < -0.4 is 10.1 Å². The summed E-state index contributed by atoms with van der Waals surface area (Å²) in [5.41, 5.74) is 1.75. The van der Waals surface area contributed by atoms with Crippen LogP contribution in [0.4, 0.5) is 0 Å². The molecule has 2 aromatic rings. The summed E-state index contributed by atoms with van der Waals surface area (Å²) in [5.74, 6) is 1.21. The maximum Gasteiger partial charge on any atom is 0.223 e. The lowest BCUT2D eigenvalue weighted by molar-refractivity contribution is 0.276. The maximum absolute atomic E-state index is 9.35. The smallest absolute Gasteiger partial charge is 0.223 e. The molecule has 0 aliphatic carbocycles. The Morgan fingerprint density at radius 2 is 2.05 bits per heavy atom. The van der Waals surface area contributed by atoms with Crippen molar-refractivity contribution in [3.63, 3.8) is 0 Å². The monoisotopic (exact) mass is 272 g/mol. The fraction of sp³-hybridized carbons (Fsp3) is 0.312. The van der Waals surface area contributed by atoms with Crippen molar-refractivity contribution in [1.29, 1.82) is 0 Å². The summed E-state index contributed by atoms with van der Waals surface area (Å²) in [6.07, 6.45) is 1.71. The molecule has 2 N–H and O–H groups in total. The summed E-state index contributed by atoms with van der Waals surface area (Å²) in [6.45, 7) is 4.96. The first-order valence-electron chi connectivity index (χ1n) is 6.81. The van der Waals surface area contributed by atoms with Gasteiger partial charge in [-0.05, 0) is 25.6 Å². The standard InChI is InChI=1S/C16H20N2O2/c1-3-17-12(2)14-8-6-10-18-16(14)20-15-9-5-4-7-13(15)11-19/h4-10,12,17,19H,3,11H2,1-2H3. The lowest BCUT2D eigenvalue weighted by atomic mass is 10.1. The molecule has 106 valence electrons. The van der Waals surface area contributed by atoms with Crippen molar-refractivity contribution in [1.82, 2.24) is 10.3 Å². The molecule has 4 heteroatoms. The molecule has 0 radical (unpaired) electrons. The van der Waals surface area contributed by atoms with Crippen LogP contribution in [0, 0.1) is 0 Å². The highest BCUT2D eigenvalue weighted by atomic mass is 16.5. The van der Waals surface area contributed by atoms with E-state index in [1.165, 1.54) is 0 Å². The summed E-state index contributed by atoms with van der Waals surface area (Å²) < 4.78 is 5.89. The Kier molecular flexibility index (Phi) is 5.09. The van der Waals surface area contributed by atoms with Gasteiger partial charge in [-0.15, -0.1) is 0 Å². The Morgan fingerprint density at radius 3 is 2.80 bits per heavy atom. The Labute approximate surface area is 119 Å². The molecule has 1 aromatic heterocycles. The Morgan fingerprint density at radius 1 is 1.25 bits per heavy atom. The predicted octanol–water partition coefficient (Wildman–Crippen LogP) is 3.04. The van der Waals surface area contributed by atoms with Crippen LogP contribution in [-0.2, 0) is 6.61 Å². The maximum atomic E-state index is 9.35. The molecule has 0 spiro atoms. The summed E-state index contributed by atoms with van der Waals surface area (Å²) in [7, 11) is 0. The number of para-hydroxylation sites is 1. The number of hydrogen-bond donors (Lipinski definition) is 2. The van der Waals surface area contributed by atoms with E-state index in [1.807, 2.05) is 36.4 Å². The fourth-order valence-electron chi connectivity index (χ4n) is 2.07. The minimum Gasteiger partial charge on any atom is -0.438 e. The SMILES string of the molecule is CCNC(C)c1cccnc1Oc1ccccc1CO. The van der Waals surface area contributed by atoms with Gasteiger partial charge in [0.15, 0.2) is 0 Å². The average Bonchev–Trinajstić information content (AvgIpc) is 2.48. The first kappa shape index (κ1) is 14.5. The number of hydrogen-bond acceptors (Lipinski definition) is 4. The van der Waals surface area contributed by atoms with Crippen molar-refractivity contribution in [2.24, 2.45) is 0 Å². The van der Waals surface area contributed by atoms with Gasteiger partial charge < -0.3 is 15.2 Å². The van der Waals surface area contributed by atoms with Gasteiger partial charge in [-0.3, -0.25) is 0 Å². The molecular formula is C16H20N2O2. The van der Waals surface area contributed by atoms with E-state index >= 15 is 0 Å². The fourth-order valence-corrected chi connectivity index (χ4v) is 2.07. The third kappa shape index (κ3) is 3.35. The number of benzene rings is 1. The highest BCUT2D eigenvalue weighted by Gasteiger charge is 2.13. The van der Waals surface area contributed by atoms with E-state index in [4.69, 9.17) is 4.74 Å². The van der Waals surface area contributed by atoms with Crippen LogP contribution in [0.1, 0.15) is 31.0 Å². The van der Waals surface area contributed by atoms with Gasteiger partial charge in [-0.2, -0.15) is 0 Å². The molecule has 4 nitrogen and oxygen atoms in total. The number of ether oxygens (including phenoxy) is 1. The first-order chi connectivity index (χ1) is 9.76. The number of aromatic nitrogens is 1. The topological polar surface area (TPSA) is 54.4 Å². The quantitative estimate of drug-likeness (QED) is 0.848. The summed E-state index contributed by atoms with van der Waals surface area (Å²) in [4.78, 5) is 4.31. The molecule has 0 fully saturated rings. The number of nitrogens with zero attached hydrogens (tertiary/aromatic N) is 1. The van der Waals surface area contributed by atoms with Crippen molar-refractivity contribution in [3.05, 3.63) is 53.7 Å². The van der Waals surface area contributed by atoms with Crippen LogP contribution in [0.5, 0.6) is 11.6 Å². The van der Waals surface area contributed by atoms with Crippen molar-refractivity contribution in [2.45, 2.75) is 26.5 Å². The third-order valence-electron chi connectivity index (χ3n) is 3.13. The summed E-state index contributed by atoms with van der Waals surface area (Å²) in [6, 6.07) is 11.5. The zero-order chi connectivity index (χ0) is 14.4. The van der Waals surface area contributed by atoms with E-state index in [0.29, 0.717) is 11.6 Å². The molecule has 0 amide bonds. The van der Waals surface area contributed by atoms with Crippen LogP contribution >= 0.6 is 0 Å². The van der Waals surface area contributed by atoms with E-state index in [1.54, 1.807) is 6.20 Å². The Hall–Kier alpha value is -1.91. The second-order valence-electron chi connectivity index (χ2n) is 4.55. The lowest BCUT2D eigenvalue weighted by Gasteiger charge is -2.17. The van der Waals surface area contributed by atoms with Gasteiger partial charge >= 0.3 is 0 Å². The van der Waals surface area contributed by atoms with Gasteiger partial charge in [0.25, 0.3) is 0 Å². The molecule has 1 heterocycles. The van der Waals surface area contributed by atoms with Crippen LogP contribution in [0.25, 0.3) is 0 Å². The van der Waals surface area contributed by atoms with Crippen LogP contribution in [0.3, 0.4) is 0 Å². The Bertz CT molecular complexity index is 558. The van der Waals surface area contributed by atoms with Crippen molar-refractivity contribution in [3.8, 4) is 11.6 Å². The second-order valence-corrected chi connectivity index (χ2v) is 4.55. The number of pyridine rings is 1. The van der Waals surface area contributed by atoms with E-state index in [0.717, 1.165) is 17.7 Å². The van der Waals surface area contributed by atoms with Gasteiger partial charge in [0, 0.05) is 23.4 Å². The zero-order valence-electron chi connectivity index (χ0n) is 11.8. The molecule has 2 rings (SSSR count). The molecule has 0 saturated carbocycles.